The lowest BCUT2D eigenvalue weighted by Gasteiger charge is -2.35. The maximum absolute atomic E-state index is 12.9. The van der Waals surface area contributed by atoms with Crippen LogP contribution in [-0.4, -0.2) is 47.1 Å². The van der Waals surface area contributed by atoms with Crippen molar-refractivity contribution in [2.24, 2.45) is 0 Å². The van der Waals surface area contributed by atoms with Crippen LogP contribution >= 0.6 is 0 Å². The Labute approximate surface area is 159 Å². The van der Waals surface area contributed by atoms with E-state index in [0.29, 0.717) is 25.5 Å². The van der Waals surface area contributed by atoms with Gasteiger partial charge in [-0.1, -0.05) is 18.2 Å². The highest BCUT2D eigenvalue weighted by Gasteiger charge is 2.30. The molecule has 1 aromatic heterocycles. The molecule has 1 amide bonds. The molecule has 2 aromatic rings. The number of carbonyl (C=O) groups is 2. The summed E-state index contributed by atoms with van der Waals surface area (Å²) in [5.74, 6) is 0. The predicted octanol–water partition coefficient (Wildman–Crippen LogP) is 3.96. The fourth-order valence-corrected chi connectivity index (χ4v) is 3.31. The number of pyridine rings is 1. The number of benzene rings is 1. The summed E-state index contributed by atoms with van der Waals surface area (Å²) in [7, 11) is 0. The molecular weight excluding hydrogens is 344 g/mol. The lowest BCUT2D eigenvalue weighted by Crippen LogP contribution is -2.45. The van der Waals surface area contributed by atoms with Crippen molar-refractivity contribution in [1.29, 1.82) is 0 Å². The van der Waals surface area contributed by atoms with Crippen LogP contribution in [0.25, 0.3) is 10.9 Å². The van der Waals surface area contributed by atoms with E-state index in [1.54, 1.807) is 11.0 Å². The molecule has 0 radical (unpaired) electrons. The Balaban J connectivity index is 1.97. The number of carbonyl (C=O) groups excluding carboxylic acids is 2. The van der Waals surface area contributed by atoms with Crippen molar-refractivity contribution in [3.05, 3.63) is 41.6 Å². The Morgan fingerprint density at radius 3 is 2.67 bits per heavy atom. The van der Waals surface area contributed by atoms with Gasteiger partial charge >= 0.3 is 6.09 Å². The summed E-state index contributed by atoms with van der Waals surface area (Å²) in [6.07, 6.45) is 1.93. The number of aromatic nitrogens is 1. The van der Waals surface area contributed by atoms with Crippen molar-refractivity contribution in [3.8, 4) is 0 Å². The summed E-state index contributed by atoms with van der Waals surface area (Å²) < 4.78 is 11.1. The number of nitrogens with zero attached hydrogens (tertiary/aromatic N) is 2. The van der Waals surface area contributed by atoms with Crippen LogP contribution in [0.4, 0.5) is 4.79 Å². The average molecular weight is 370 g/mol. The molecule has 1 saturated heterocycles. The van der Waals surface area contributed by atoms with Crippen LogP contribution in [0.2, 0.25) is 0 Å². The van der Waals surface area contributed by atoms with Gasteiger partial charge in [0.1, 0.15) is 11.3 Å². The molecule has 1 aliphatic rings. The fourth-order valence-electron chi connectivity index (χ4n) is 3.31. The molecule has 0 spiro atoms. The zero-order valence-corrected chi connectivity index (χ0v) is 16.1. The molecule has 0 atom stereocenters. The fraction of sp³-hybridized carbons (Fsp3) is 0.476. The minimum Gasteiger partial charge on any atom is -0.444 e. The summed E-state index contributed by atoms with van der Waals surface area (Å²) in [6.45, 7) is 7.20. The molecule has 0 saturated carbocycles. The Bertz CT molecular complexity index is 823. The molecule has 1 aliphatic heterocycles. The molecule has 0 N–H and O–H groups in total. The Morgan fingerprint density at radius 2 is 2.00 bits per heavy atom. The van der Waals surface area contributed by atoms with Gasteiger partial charge in [-0.25, -0.2) is 9.78 Å². The zero-order chi connectivity index (χ0) is 19.4. The van der Waals surface area contributed by atoms with Gasteiger partial charge in [0.15, 0.2) is 6.29 Å². The largest absolute Gasteiger partial charge is 0.444 e. The standard InChI is InChI=1S/C21H26N2O4/c1-21(2,3)27-20(25)23(17-8-10-26-11-9-17)13-15-12-16(14-24)22-19-7-5-4-6-18(15)19/h4-7,12,14,17H,8-11,13H2,1-3H3. The number of rotatable bonds is 4. The normalized spacial score (nSPS) is 15.5. The van der Waals surface area contributed by atoms with Crippen molar-refractivity contribution in [2.45, 2.75) is 51.8 Å². The highest BCUT2D eigenvalue weighted by molar-refractivity contribution is 5.86. The van der Waals surface area contributed by atoms with Gasteiger partial charge in [0.2, 0.25) is 0 Å². The number of aldehydes is 1. The molecular formula is C21H26N2O4. The topological polar surface area (TPSA) is 68.7 Å². The smallest absolute Gasteiger partial charge is 0.410 e. The summed E-state index contributed by atoms with van der Waals surface area (Å²) in [6, 6.07) is 9.45. The van der Waals surface area contributed by atoms with Gasteiger partial charge in [-0.2, -0.15) is 0 Å². The molecule has 0 unspecified atom stereocenters. The van der Waals surface area contributed by atoms with Crippen LogP contribution in [0.1, 0.15) is 49.7 Å². The summed E-state index contributed by atoms with van der Waals surface area (Å²) in [5, 5.41) is 0.934. The van der Waals surface area contributed by atoms with Crippen molar-refractivity contribution in [1.82, 2.24) is 9.88 Å². The molecule has 0 aliphatic carbocycles. The predicted molar refractivity (Wildman–Crippen MR) is 103 cm³/mol. The first-order valence-electron chi connectivity index (χ1n) is 9.28. The summed E-state index contributed by atoms with van der Waals surface area (Å²) >= 11 is 0. The van der Waals surface area contributed by atoms with Crippen molar-refractivity contribution in [2.75, 3.05) is 13.2 Å². The first-order chi connectivity index (χ1) is 12.9. The zero-order valence-electron chi connectivity index (χ0n) is 16.1. The lowest BCUT2D eigenvalue weighted by atomic mass is 10.0. The van der Waals surface area contributed by atoms with Gasteiger partial charge in [-0.3, -0.25) is 4.79 Å². The third-order valence-electron chi connectivity index (χ3n) is 4.54. The first kappa shape index (κ1) is 19.3. The maximum Gasteiger partial charge on any atom is 0.410 e. The third kappa shape index (κ3) is 4.83. The number of ether oxygens (including phenoxy) is 2. The van der Waals surface area contributed by atoms with E-state index in [-0.39, 0.29) is 12.1 Å². The second kappa shape index (κ2) is 8.05. The van der Waals surface area contributed by atoms with Gasteiger partial charge in [0.25, 0.3) is 0 Å². The second-order valence-electron chi connectivity index (χ2n) is 7.79. The van der Waals surface area contributed by atoms with E-state index in [9.17, 15) is 9.59 Å². The van der Waals surface area contributed by atoms with Gasteiger partial charge in [0, 0.05) is 24.6 Å². The van der Waals surface area contributed by atoms with E-state index in [1.165, 1.54) is 0 Å². The Morgan fingerprint density at radius 1 is 1.30 bits per heavy atom. The first-order valence-corrected chi connectivity index (χ1v) is 9.28. The van der Waals surface area contributed by atoms with Crippen molar-refractivity contribution >= 4 is 23.3 Å². The van der Waals surface area contributed by atoms with Crippen LogP contribution < -0.4 is 0 Å². The third-order valence-corrected chi connectivity index (χ3v) is 4.54. The van der Waals surface area contributed by atoms with Crippen LogP contribution in [-0.2, 0) is 16.0 Å². The number of amides is 1. The van der Waals surface area contributed by atoms with Gasteiger partial charge < -0.3 is 14.4 Å². The van der Waals surface area contributed by atoms with Crippen LogP contribution in [0.3, 0.4) is 0 Å². The van der Waals surface area contributed by atoms with E-state index in [2.05, 4.69) is 4.98 Å². The van der Waals surface area contributed by atoms with E-state index in [1.807, 2.05) is 45.0 Å². The Kier molecular flexibility index (Phi) is 5.75. The molecule has 1 aromatic carbocycles. The quantitative estimate of drug-likeness (QED) is 0.762. The van der Waals surface area contributed by atoms with E-state index in [0.717, 1.165) is 35.6 Å². The van der Waals surface area contributed by atoms with Crippen molar-refractivity contribution < 1.29 is 19.1 Å². The van der Waals surface area contributed by atoms with Crippen molar-refractivity contribution in [3.63, 3.8) is 0 Å². The van der Waals surface area contributed by atoms with Gasteiger partial charge in [0.05, 0.1) is 12.1 Å². The van der Waals surface area contributed by atoms with E-state index >= 15 is 0 Å². The van der Waals surface area contributed by atoms with E-state index < -0.39 is 5.60 Å². The number of hydrogen-bond donors (Lipinski definition) is 0. The Hall–Kier alpha value is -2.47. The molecule has 6 heteroatoms. The maximum atomic E-state index is 12.9. The SMILES string of the molecule is CC(C)(C)OC(=O)N(Cc1cc(C=O)nc2ccccc12)C1CCOCC1. The molecule has 3 rings (SSSR count). The molecule has 2 heterocycles. The van der Waals surface area contributed by atoms with Crippen LogP contribution in [0.5, 0.6) is 0 Å². The molecule has 6 nitrogen and oxygen atoms in total. The van der Waals surface area contributed by atoms with Crippen LogP contribution in [0, 0.1) is 0 Å². The molecule has 1 fully saturated rings. The average Bonchev–Trinajstić information content (AvgIpc) is 2.65. The minimum absolute atomic E-state index is 0.0419. The second-order valence-corrected chi connectivity index (χ2v) is 7.79. The highest BCUT2D eigenvalue weighted by Crippen LogP contribution is 2.25. The number of hydrogen-bond acceptors (Lipinski definition) is 5. The van der Waals surface area contributed by atoms with Crippen LogP contribution in [0.15, 0.2) is 30.3 Å². The summed E-state index contributed by atoms with van der Waals surface area (Å²) in [5.41, 5.74) is 1.42. The molecule has 144 valence electrons. The summed E-state index contributed by atoms with van der Waals surface area (Å²) in [4.78, 5) is 30.4. The number of para-hydroxylation sites is 1. The minimum atomic E-state index is -0.575. The van der Waals surface area contributed by atoms with Gasteiger partial charge in [-0.05, 0) is 51.3 Å². The lowest BCUT2D eigenvalue weighted by molar-refractivity contribution is -0.00797. The monoisotopic (exact) mass is 370 g/mol. The number of fused-ring (bicyclic) bond motifs is 1. The van der Waals surface area contributed by atoms with Gasteiger partial charge in [-0.15, -0.1) is 0 Å². The van der Waals surface area contributed by atoms with E-state index in [4.69, 9.17) is 9.47 Å². The molecule has 0 bridgehead atoms. The molecule has 27 heavy (non-hydrogen) atoms. The highest BCUT2D eigenvalue weighted by atomic mass is 16.6.